The molecule has 0 saturated carbocycles. The Balaban J connectivity index is 2.13. The lowest BCUT2D eigenvalue weighted by molar-refractivity contribution is -0.137. The Morgan fingerprint density at radius 3 is 2.38 bits per heavy atom. The molecular formula is C18H9ClF4N2O. The van der Waals surface area contributed by atoms with E-state index in [1.165, 1.54) is 29.0 Å². The van der Waals surface area contributed by atoms with E-state index in [9.17, 15) is 22.4 Å². The van der Waals surface area contributed by atoms with Gasteiger partial charge < -0.3 is 4.57 Å². The van der Waals surface area contributed by atoms with Gasteiger partial charge >= 0.3 is 6.18 Å². The third kappa shape index (κ3) is 3.28. The van der Waals surface area contributed by atoms with Gasteiger partial charge in [0.2, 0.25) is 5.43 Å². The second-order valence-corrected chi connectivity index (χ2v) is 6.00. The van der Waals surface area contributed by atoms with Gasteiger partial charge in [-0.1, -0.05) is 23.7 Å². The molecule has 2 aromatic carbocycles. The minimum atomic E-state index is -4.44. The summed E-state index contributed by atoms with van der Waals surface area (Å²) in [6, 6.07) is 8.41. The number of halogens is 5. The standard InChI is InChI=1S/C18H9ClF4N2O/c19-14-6-16-13(5-15(14)20)17(26)11(7-24)9-25(16)8-10-1-3-12(4-2-10)18(21,22)23/h1-6,9H,8H2. The minimum Gasteiger partial charge on any atom is -0.341 e. The number of hydrogen-bond donors (Lipinski definition) is 0. The number of pyridine rings is 1. The Morgan fingerprint density at radius 1 is 1.15 bits per heavy atom. The molecule has 0 unspecified atom stereocenters. The maximum absolute atomic E-state index is 13.7. The van der Waals surface area contributed by atoms with Crippen LogP contribution in [0.15, 0.2) is 47.4 Å². The van der Waals surface area contributed by atoms with Crippen molar-refractivity contribution in [1.82, 2.24) is 4.57 Å². The highest BCUT2D eigenvalue weighted by molar-refractivity contribution is 6.31. The van der Waals surface area contributed by atoms with Crippen LogP contribution in [0.1, 0.15) is 16.7 Å². The van der Waals surface area contributed by atoms with E-state index in [1.54, 1.807) is 6.07 Å². The van der Waals surface area contributed by atoms with Crippen molar-refractivity contribution in [3.05, 3.63) is 80.3 Å². The zero-order chi connectivity index (χ0) is 19.1. The molecule has 8 heteroatoms. The Morgan fingerprint density at radius 2 is 1.81 bits per heavy atom. The average molecular weight is 381 g/mol. The zero-order valence-corrected chi connectivity index (χ0v) is 13.7. The summed E-state index contributed by atoms with van der Waals surface area (Å²) in [5.41, 5.74) is -0.839. The maximum atomic E-state index is 13.7. The number of rotatable bonds is 2. The highest BCUT2D eigenvalue weighted by Gasteiger charge is 2.29. The Labute approximate surface area is 149 Å². The molecule has 0 atom stereocenters. The minimum absolute atomic E-state index is 0.0298. The van der Waals surface area contributed by atoms with Crippen LogP contribution in [0.4, 0.5) is 17.6 Å². The zero-order valence-electron chi connectivity index (χ0n) is 12.9. The van der Waals surface area contributed by atoms with E-state index < -0.39 is 23.0 Å². The summed E-state index contributed by atoms with van der Waals surface area (Å²) >= 11 is 5.78. The predicted octanol–water partition coefficient (Wildman–Crippen LogP) is 4.73. The van der Waals surface area contributed by atoms with Crippen LogP contribution in [0.5, 0.6) is 0 Å². The van der Waals surface area contributed by atoms with Crippen molar-refractivity contribution in [1.29, 1.82) is 5.26 Å². The second-order valence-electron chi connectivity index (χ2n) is 5.59. The van der Waals surface area contributed by atoms with Crippen LogP contribution < -0.4 is 5.43 Å². The quantitative estimate of drug-likeness (QED) is 0.603. The summed E-state index contributed by atoms with van der Waals surface area (Å²) < 4.78 is 53.1. The van der Waals surface area contributed by atoms with Gasteiger partial charge in [-0.2, -0.15) is 18.4 Å². The molecule has 3 nitrogen and oxygen atoms in total. The number of aromatic nitrogens is 1. The van der Waals surface area contributed by atoms with Crippen LogP contribution in [0, 0.1) is 17.1 Å². The first kappa shape index (κ1) is 18.0. The van der Waals surface area contributed by atoms with Crippen LogP contribution in [0.3, 0.4) is 0 Å². The summed E-state index contributed by atoms with van der Waals surface area (Å²) in [6.07, 6.45) is -3.17. The molecule has 0 aliphatic heterocycles. The summed E-state index contributed by atoms with van der Waals surface area (Å²) in [4.78, 5) is 12.2. The predicted molar refractivity (Wildman–Crippen MR) is 88.4 cm³/mol. The molecule has 3 aromatic rings. The van der Waals surface area contributed by atoms with Gasteiger partial charge in [-0.15, -0.1) is 0 Å². The van der Waals surface area contributed by atoms with Gasteiger partial charge in [0.15, 0.2) is 0 Å². The highest BCUT2D eigenvalue weighted by Crippen LogP contribution is 2.29. The van der Waals surface area contributed by atoms with E-state index in [-0.39, 0.29) is 28.0 Å². The topological polar surface area (TPSA) is 45.8 Å². The third-order valence-corrected chi connectivity index (χ3v) is 4.17. The summed E-state index contributed by atoms with van der Waals surface area (Å²) in [5, 5.41) is 8.87. The van der Waals surface area contributed by atoms with Gasteiger partial charge in [0.05, 0.1) is 21.5 Å². The van der Waals surface area contributed by atoms with Gasteiger partial charge in [-0.25, -0.2) is 4.39 Å². The van der Waals surface area contributed by atoms with Gasteiger partial charge in [0.1, 0.15) is 17.4 Å². The van der Waals surface area contributed by atoms with Crippen molar-refractivity contribution < 1.29 is 17.6 Å². The van der Waals surface area contributed by atoms with E-state index in [1.807, 2.05) is 0 Å². The first-order valence-corrected chi connectivity index (χ1v) is 7.67. The molecule has 26 heavy (non-hydrogen) atoms. The molecule has 0 aliphatic rings. The van der Waals surface area contributed by atoms with Crippen LogP contribution in [-0.4, -0.2) is 4.57 Å². The average Bonchev–Trinajstić information content (AvgIpc) is 2.59. The summed E-state index contributed by atoms with van der Waals surface area (Å²) in [7, 11) is 0. The molecule has 132 valence electrons. The van der Waals surface area contributed by atoms with E-state index in [4.69, 9.17) is 16.9 Å². The molecule has 0 N–H and O–H groups in total. The van der Waals surface area contributed by atoms with E-state index in [0.29, 0.717) is 5.56 Å². The molecule has 0 radical (unpaired) electrons. The smallest absolute Gasteiger partial charge is 0.341 e. The Hall–Kier alpha value is -2.85. The summed E-state index contributed by atoms with van der Waals surface area (Å²) in [6.45, 7) is 0.0750. The third-order valence-electron chi connectivity index (χ3n) is 3.88. The lowest BCUT2D eigenvalue weighted by atomic mass is 10.1. The molecular weight excluding hydrogens is 372 g/mol. The fraction of sp³-hybridized carbons (Fsp3) is 0.111. The van der Waals surface area contributed by atoms with Crippen molar-refractivity contribution in [3.8, 4) is 6.07 Å². The lowest BCUT2D eigenvalue weighted by Crippen LogP contribution is -2.14. The number of benzene rings is 2. The number of fused-ring (bicyclic) bond motifs is 1. The molecule has 3 rings (SSSR count). The Bertz CT molecular complexity index is 1100. The van der Waals surface area contributed by atoms with Gasteiger partial charge in [-0.3, -0.25) is 4.79 Å². The van der Waals surface area contributed by atoms with Crippen molar-refractivity contribution in [2.75, 3.05) is 0 Å². The molecule has 1 aromatic heterocycles. The molecule has 0 amide bonds. The fourth-order valence-electron chi connectivity index (χ4n) is 2.59. The molecule has 0 bridgehead atoms. The highest BCUT2D eigenvalue weighted by atomic mass is 35.5. The van der Waals surface area contributed by atoms with Crippen molar-refractivity contribution >= 4 is 22.5 Å². The van der Waals surface area contributed by atoms with E-state index in [0.717, 1.165) is 18.2 Å². The van der Waals surface area contributed by atoms with Crippen LogP contribution in [-0.2, 0) is 12.7 Å². The van der Waals surface area contributed by atoms with Gasteiger partial charge in [0.25, 0.3) is 0 Å². The fourth-order valence-corrected chi connectivity index (χ4v) is 2.75. The van der Waals surface area contributed by atoms with Crippen LogP contribution in [0.2, 0.25) is 5.02 Å². The number of nitriles is 1. The van der Waals surface area contributed by atoms with Gasteiger partial charge in [0, 0.05) is 12.7 Å². The largest absolute Gasteiger partial charge is 0.416 e. The molecule has 0 saturated heterocycles. The normalized spacial score (nSPS) is 11.5. The Kier molecular flexibility index (Phi) is 4.46. The molecule has 1 heterocycles. The summed E-state index contributed by atoms with van der Waals surface area (Å²) in [5.74, 6) is -0.799. The van der Waals surface area contributed by atoms with E-state index in [2.05, 4.69) is 0 Å². The molecule has 0 aliphatic carbocycles. The first-order chi connectivity index (χ1) is 12.2. The SMILES string of the molecule is N#Cc1cn(Cc2ccc(C(F)(F)F)cc2)c2cc(Cl)c(F)cc2c1=O. The molecule has 0 fully saturated rings. The lowest BCUT2D eigenvalue weighted by Gasteiger charge is -2.13. The van der Waals surface area contributed by atoms with Crippen molar-refractivity contribution in [2.45, 2.75) is 12.7 Å². The second kappa shape index (κ2) is 6.46. The van der Waals surface area contributed by atoms with Crippen molar-refractivity contribution in [2.24, 2.45) is 0 Å². The number of hydrogen-bond acceptors (Lipinski definition) is 2. The van der Waals surface area contributed by atoms with Crippen molar-refractivity contribution in [3.63, 3.8) is 0 Å². The number of nitrogens with zero attached hydrogens (tertiary/aromatic N) is 2. The monoisotopic (exact) mass is 380 g/mol. The number of alkyl halides is 3. The van der Waals surface area contributed by atoms with E-state index >= 15 is 0 Å². The maximum Gasteiger partial charge on any atom is 0.416 e. The van der Waals surface area contributed by atoms with Crippen LogP contribution in [0.25, 0.3) is 10.9 Å². The van der Waals surface area contributed by atoms with Gasteiger partial charge in [-0.05, 0) is 29.8 Å². The van der Waals surface area contributed by atoms with Crippen LogP contribution >= 0.6 is 11.6 Å². The first-order valence-electron chi connectivity index (χ1n) is 7.29. The molecule has 0 spiro atoms.